The number of benzene rings is 2. The highest BCUT2D eigenvalue weighted by molar-refractivity contribution is 8.00. The number of ether oxygens (including phenoxy) is 2. The molecule has 0 saturated heterocycles. The van der Waals surface area contributed by atoms with Crippen LogP contribution in [0.2, 0.25) is 0 Å². The standard InChI is InChI=1S/C22H25NO4S/c1-15-10-16(2)12-18(11-15)26-14-22(25)27-13-21(24)23-9-8-17(3)28-20-7-5-4-6-19(20)23/h4-7,10-12,17H,8-9,13-14H2,1-3H3/t17-/m1/s1. The zero-order chi connectivity index (χ0) is 20.1. The van der Waals surface area contributed by atoms with Crippen LogP contribution in [-0.4, -0.2) is 36.9 Å². The fourth-order valence-electron chi connectivity index (χ4n) is 3.17. The number of anilines is 1. The average molecular weight is 400 g/mol. The number of carbonyl (C=O) groups excluding carboxylic acids is 2. The summed E-state index contributed by atoms with van der Waals surface area (Å²) in [4.78, 5) is 27.5. The van der Waals surface area contributed by atoms with Gasteiger partial charge in [0.05, 0.1) is 5.69 Å². The number of fused-ring (bicyclic) bond motifs is 1. The lowest BCUT2D eigenvalue weighted by molar-refractivity contribution is -0.149. The van der Waals surface area contributed by atoms with E-state index in [1.54, 1.807) is 16.7 Å². The van der Waals surface area contributed by atoms with Crippen molar-refractivity contribution in [1.82, 2.24) is 0 Å². The van der Waals surface area contributed by atoms with E-state index in [4.69, 9.17) is 9.47 Å². The minimum atomic E-state index is -0.557. The maximum absolute atomic E-state index is 12.7. The van der Waals surface area contributed by atoms with Crippen molar-refractivity contribution in [3.05, 3.63) is 53.6 Å². The predicted molar refractivity (Wildman–Crippen MR) is 111 cm³/mol. The van der Waals surface area contributed by atoms with Gasteiger partial charge in [0.15, 0.2) is 13.2 Å². The summed E-state index contributed by atoms with van der Waals surface area (Å²) in [6.07, 6.45) is 0.884. The third-order valence-corrected chi connectivity index (χ3v) is 5.69. The van der Waals surface area contributed by atoms with Crippen molar-refractivity contribution in [3.8, 4) is 5.75 Å². The second-order valence-electron chi connectivity index (χ2n) is 7.00. The SMILES string of the molecule is Cc1cc(C)cc(OCC(=O)OCC(=O)N2CC[C@@H](C)Sc3ccccc32)c1. The lowest BCUT2D eigenvalue weighted by atomic mass is 10.1. The number of esters is 1. The molecule has 1 aliphatic rings. The maximum Gasteiger partial charge on any atom is 0.344 e. The highest BCUT2D eigenvalue weighted by Gasteiger charge is 2.24. The number of rotatable bonds is 5. The van der Waals surface area contributed by atoms with Crippen LogP contribution >= 0.6 is 11.8 Å². The smallest absolute Gasteiger partial charge is 0.344 e. The molecule has 148 valence electrons. The van der Waals surface area contributed by atoms with Gasteiger partial charge in [-0.15, -0.1) is 11.8 Å². The summed E-state index contributed by atoms with van der Waals surface area (Å²) >= 11 is 1.76. The van der Waals surface area contributed by atoms with Crippen molar-refractivity contribution in [1.29, 1.82) is 0 Å². The van der Waals surface area contributed by atoms with E-state index < -0.39 is 5.97 Å². The first-order valence-electron chi connectivity index (χ1n) is 9.35. The summed E-state index contributed by atoms with van der Waals surface area (Å²) in [5.74, 6) is -0.159. The van der Waals surface area contributed by atoms with Gasteiger partial charge in [0.25, 0.3) is 5.91 Å². The number of carbonyl (C=O) groups is 2. The van der Waals surface area contributed by atoms with E-state index in [0.29, 0.717) is 17.5 Å². The Bertz CT molecular complexity index is 847. The number of para-hydroxylation sites is 1. The summed E-state index contributed by atoms with van der Waals surface area (Å²) in [6, 6.07) is 13.6. The van der Waals surface area contributed by atoms with Gasteiger partial charge in [-0.2, -0.15) is 0 Å². The molecule has 1 heterocycles. The molecule has 0 radical (unpaired) electrons. The minimum Gasteiger partial charge on any atom is -0.482 e. The highest BCUT2D eigenvalue weighted by Crippen LogP contribution is 2.37. The second-order valence-corrected chi connectivity index (χ2v) is 8.48. The number of thioether (sulfide) groups is 1. The fourth-order valence-corrected chi connectivity index (χ4v) is 4.28. The molecule has 1 amide bonds. The molecule has 1 atom stereocenters. The molecule has 0 spiro atoms. The van der Waals surface area contributed by atoms with Crippen LogP contribution < -0.4 is 9.64 Å². The van der Waals surface area contributed by atoms with Gasteiger partial charge in [-0.3, -0.25) is 4.79 Å². The van der Waals surface area contributed by atoms with Crippen molar-refractivity contribution in [3.63, 3.8) is 0 Å². The zero-order valence-corrected chi connectivity index (χ0v) is 17.3. The number of aryl methyl sites for hydroxylation is 2. The Balaban J connectivity index is 1.55. The minimum absolute atomic E-state index is 0.220. The van der Waals surface area contributed by atoms with E-state index in [9.17, 15) is 9.59 Å². The quantitative estimate of drug-likeness (QED) is 0.707. The molecule has 0 N–H and O–H groups in total. The maximum atomic E-state index is 12.7. The van der Waals surface area contributed by atoms with Crippen molar-refractivity contribution in [2.45, 2.75) is 37.3 Å². The molecule has 28 heavy (non-hydrogen) atoms. The van der Waals surface area contributed by atoms with E-state index >= 15 is 0 Å². The molecule has 6 heteroatoms. The number of hydrogen-bond acceptors (Lipinski definition) is 5. The Morgan fingerprint density at radius 3 is 2.57 bits per heavy atom. The average Bonchev–Trinajstić information content (AvgIpc) is 2.82. The highest BCUT2D eigenvalue weighted by atomic mass is 32.2. The number of nitrogens with zero attached hydrogens (tertiary/aromatic N) is 1. The normalized spacial score (nSPS) is 16.1. The molecule has 2 aromatic carbocycles. The van der Waals surface area contributed by atoms with Crippen molar-refractivity contribution in [2.24, 2.45) is 0 Å². The van der Waals surface area contributed by atoms with Gasteiger partial charge < -0.3 is 14.4 Å². The van der Waals surface area contributed by atoms with E-state index in [-0.39, 0.29) is 19.1 Å². The van der Waals surface area contributed by atoms with E-state index in [1.165, 1.54) is 0 Å². The summed E-state index contributed by atoms with van der Waals surface area (Å²) in [5.41, 5.74) is 3.00. The van der Waals surface area contributed by atoms with Crippen LogP contribution in [0.15, 0.2) is 47.4 Å². The largest absolute Gasteiger partial charge is 0.482 e. The summed E-state index contributed by atoms with van der Waals surface area (Å²) in [5, 5.41) is 0.424. The first kappa shape index (κ1) is 20.3. The van der Waals surface area contributed by atoms with Crippen LogP contribution in [0.5, 0.6) is 5.75 Å². The molecule has 3 rings (SSSR count). The molecule has 0 fully saturated rings. The molecule has 5 nitrogen and oxygen atoms in total. The van der Waals surface area contributed by atoms with Gasteiger partial charge >= 0.3 is 5.97 Å². The van der Waals surface area contributed by atoms with Crippen LogP contribution in [0.3, 0.4) is 0 Å². The molecule has 0 aliphatic carbocycles. The fraction of sp³-hybridized carbons (Fsp3) is 0.364. The van der Waals surface area contributed by atoms with Crippen molar-refractivity contribution >= 4 is 29.3 Å². The van der Waals surface area contributed by atoms with Crippen molar-refractivity contribution < 1.29 is 19.1 Å². The Labute approximate surface area is 170 Å². The topological polar surface area (TPSA) is 55.8 Å². The Hall–Kier alpha value is -2.47. The number of hydrogen-bond donors (Lipinski definition) is 0. The van der Waals surface area contributed by atoms with Gasteiger partial charge in [0.1, 0.15) is 5.75 Å². The lowest BCUT2D eigenvalue weighted by Gasteiger charge is -2.22. The van der Waals surface area contributed by atoms with Crippen LogP contribution in [0.4, 0.5) is 5.69 Å². The van der Waals surface area contributed by atoms with Gasteiger partial charge in [-0.05, 0) is 55.7 Å². The molecule has 1 aliphatic heterocycles. The van der Waals surface area contributed by atoms with Crippen LogP contribution in [0.1, 0.15) is 24.5 Å². The van der Waals surface area contributed by atoms with E-state index in [2.05, 4.69) is 6.92 Å². The van der Waals surface area contributed by atoms with Gasteiger partial charge in [-0.1, -0.05) is 25.1 Å². The third kappa shape index (κ3) is 5.29. The van der Waals surface area contributed by atoms with E-state index in [0.717, 1.165) is 28.1 Å². The van der Waals surface area contributed by atoms with Crippen LogP contribution in [0.25, 0.3) is 0 Å². The first-order chi connectivity index (χ1) is 13.4. The summed E-state index contributed by atoms with van der Waals surface area (Å²) in [6.45, 7) is 6.19. The molecular formula is C22H25NO4S. The monoisotopic (exact) mass is 399 g/mol. The Morgan fingerprint density at radius 1 is 1.11 bits per heavy atom. The Kier molecular flexibility index (Phi) is 6.62. The predicted octanol–water partition coefficient (Wildman–Crippen LogP) is 4.14. The summed E-state index contributed by atoms with van der Waals surface area (Å²) < 4.78 is 10.7. The molecule has 0 saturated carbocycles. The molecular weight excluding hydrogens is 374 g/mol. The Morgan fingerprint density at radius 2 is 1.82 bits per heavy atom. The second kappa shape index (κ2) is 9.15. The first-order valence-corrected chi connectivity index (χ1v) is 10.2. The third-order valence-electron chi connectivity index (χ3n) is 4.45. The lowest BCUT2D eigenvalue weighted by Crippen LogP contribution is -2.36. The molecule has 0 unspecified atom stereocenters. The van der Waals surface area contributed by atoms with Gasteiger partial charge in [0, 0.05) is 16.7 Å². The number of amides is 1. The van der Waals surface area contributed by atoms with Crippen molar-refractivity contribution in [2.75, 3.05) is 24.7 Å². The van der Waals surface area contributed by atoms with Gasteiger partial charge in [0.2, 0.25) is 0 Å². The van der Waals surface area contributed by atoms with Crippen LogP contribution in [-0.2, 0) is 14.3 Å². The summed E-state index contributed by atoms with van der Waals surface area (Å²) in [7, 11) is 0. The zero-order valence-electron chi connectivity index (χ0n) is 16.4. The van der Waals surface area contributed by atoms with Crippen LogP contribution in [0, 0.1) is 13.8 Å². The van der Waals surface area contributed by atoms with Gasteiger partial charge in [-0.25, -0.2) is 4.79 Å². The molecule has 0 aromatic heterocycles. The van der Waals surface area contributed by atoms with E-state index in [1.807, 2.05) is 56.3 Å². The molecule has 2 aromatic rings. The molecule has 0 bridgehead atoms.